The lowest BCUT2D eigenvalue weighted by atomic mass is 10.0. The molecule has 2 N–H and O–H groups in total. The first kappa shape index (κ1) is 19.0. The van der Waals surface area contributed by atoms with Crippen LogP contribution in [0.4, 0.5) is 5.82 Å². The topological polar surface area (TPSA) is 83.1 Å². The molecule has 1 aliphatic heterocycles. The minimum absolute atomic E-state index is 0.0512. The standard InChI is InChI=1S/C22H25N5O2/c1-29-19-6-2-4-16(12-19)13-22(28)24-18-7-10-27(11-8-18)21-14-20(25-26-21)17-5-3-9-23-15-17/h2-6,9,12,14-15,18H,7-8,10-11,13H2,1H3,(H,24,28)(H,25,26). The molecule has 1 aliphatic rings. The fourth-order valence-electron chi connectivity index (χ4n) is 3.64. The van der Waals surface area contributed by atoms with Gasteiger partial charge >= 0.3 is 0 Å². The molecule has 1 saturated heterocycles. The van der Waals surface area contributed by atoms with Crippen LogP contribution >= 0.6 is 0 Å². The number of piperidine rings is 1. The Morgan fingerprint density at radius 3 is 2.86 bits per heavy atom. The SMILES string of the molecule is COc1cccc(CC(=O)NC2CCN(c3cc(-c4cccnc4)[nH]n3)CC2)c1. The molecule has 7 nitrogen and oxygen atoms in total. The minimum Gasteiger partial charge on any atom is -0.497 e. The highest BCUT2D eigenvalue weighted by atomic mass is 16.5. The number of ether oxygens (including phenoxy) is 1. The Balaban J connectivity index is 1.28. The van der Waals surface area contributed by atoms with Crippen LogP contribution in [-0.4, -0.2) is 47.3 Å². The molecule has 3 heterocycles. The Bertz CT molecular complexity index is 949. The molecule has 0 radical (unpaired) electrons. The molecule has 3 aromatic rings. The molecule has 1 aromatic carbocycles. The van der Waals surface area contributed by atoms with Gasteiger partial charge in [0.2, 0.25) is 5.91 Å². The van der Waals surface area contributed by atoms with E-state index in [1.54, 1.807) is 13.3 Å². The fourth-order valence-corrected chi connectivity index (χ4v) is 3.64. The smallest absolute Gasteiger partial charge is 0.224 e. The van der Waals surface area contributed by atoms with Crippen LogP contribution < -0.4 is 15.0 Å². The van der Waals surface area contributed by atoms with Gasteiger partial charge in [-0.05, 0) is 42.7 Å². The van der Waals surface area contributed by atoms with E-state index >= 15 is 0 Å². The number of pyridine rings is 1. The van der Waals surface area contributed by atoms with Crippen LogP contribution in [0, 0.1) is 0 Å². The van der Waals surface area contributed by atoms with Gasteiger partial charge in [-0.2, -0.15) is 5.10 Å². The van der Waals surface area contributed by atoms with E-state index < -0.39 is 0 Å². The van der Waals surface area contributed by atoms with Gasteiger partial charge in [0.25, 0.3) is 0 Å². The molecule has 0 aliphatic carbocycles. The Morgan fingerprint density at radius 2 is 2.10 bits per heavy atom. The van der Waals surface area contributed by atoms with Crippen LogP contribution in [0.3, 0.4) is 0 Å². The molecule has 0 bridgehead atoms. The first-order valence-electron chi connectivity index (χ1n) is 9.84. The van der Waals surface area contributed by atoms with E-state index in [9.17, 15) is 4.79 Å². The average Bonchev–Trinajstić information content (AvgIpc) is 3.25. The summed E-state index contributed by atoms with van der Waals surface area (Å²) in [5.74, 6) is 1.76. The number of H-pyrrole nitrogens is 1. The summed E-state index contributed by atoms with van der Waals surface area (Å²) in [4.78, 5) is 18.8. The third-order valence-electron chi connectivity index (χ3n) is 5.22. The van der Waals surface area contributed by atoms with Crippen LogP contribution in [0.2, 0.25) is 0 Å². The van der Waals surface area contributed by atoms with Gasteiger partial charge in [0.05, 0.1) is 19.2 Å². The highest BCUT2D eigenvalue weighted by Crippen LogP contribution is 2.23. The van der Waals surface area contributed by atoms with Gasteiger partial charge < -0.3 is 15.0 Å². The first-order valence-corrected chi connectivity index (χ1v) is 9.84. The third kappa shape index (κ3) is 4.74. The van der Waals surface area contributed by atoms with E-state index in [0.717, 1.165) is 54.3 Å². The van der Waals surface area contributed by atoms with Crippen molar-refractivity contribution in [2.45, 2.75) is 25.3 Å². The van der Waals surface area contributed by atoms with Crippen LogP contribution in [0.5, 0.6) is 5.75 Å². The third-order valence-corrected chi connectivity index (χ3v) is 5.22. The van der Waals surface area contributed by atoms with Crippen molar-refractivity contribution in [2.24, 2.45) is 0 Å². The predicted molar refractivity (Wildman–Crippen MR) is 112 cm³/mol. The second-order valence-corrected chi connectivity index (χ2v) is 7.24. The van der Waals surface area contributed by atoms with E-state index in [1.807, 2.05) is 42.6 Å². The molecule has 0 unspecified atom stereocenters. The summed E-state index contributed by atoms with van der Waals surface area (Å²) < 4.78 is 5.22. The number of hydrogen-bond acceptors (Lipinski definition) is 5. The molecule has 0 atom stereocenters. The average molecular weight is 391 g/mol. The normalized spacial score (nSPS) is 14.6. The molecule has 1 amide bonds. The van der Waals surface area contributed by atoms with Crippen LogP contribution in [0.15, 0.2) is 54.9 Å². The molecule has 7 heteroatoms. The highest BCUT2D eigenvalue weighted by Gasteiger charge is 2.22. The quantitative estimate of drug-likeness (QED) is 0.675. The maximum atomic E-state index is 12.4. The summed E-state index contributed by atoms with van der Waals surface area (Å²) in [6.45, 7) is 1.73. The molecule has 150 valence electrons. The van der Waals surface area contributed by atoms with Crippen molar-refractivity contribution in [2.75, 3.05) is 25.1 Å². The van der Waals surface area contributed by atoms with E-state index in [1.165, 1.54) is 0 Å². The molecule has 29 heavy (non-hydrogen) atoms. The van der Waals surface area contributed by atoms with Gasteiger partial charge in [0, 0.05) is 43.2 Å². The van der Waals surface area contributed by atoms with Crippen molar-refractivity contribution >= 4 is 11.7 Å². The summed E-state index contributed by atoms with van der Waals surface area (Å²) >= 11 is 0. The zero-order valence-corrected chi connectivity index (χ0v) is 16.5. The van der Waals surface area contributed by atoms with E-state index in [0.29, 0.717) is 6.42 Å². The lowest BCUT2D eigenvalue weighted by Gasteiger charge is -2.32. The number of amides is 1. The van der Waals surface area contributed by atoms with Crippen molar-refractivity contribution in [1.82, 2.24) is 20.5 Å². The number of benzene rings is 1. The number of anilines is 1. The Hall–Kier alpha value is -3.35. The van der Waals surface area contributed by atoms with Gasteiger partial charge in [-0.25, -0.2) is 0 Å². The van der Waals surface area contributed by atoms with Crippen molar-refractivity contribution < 1.29 is 9.53 Å². The number of nitrogens with zero attached hydrogens (tertiary/aromatic N) is 3. The van der Waals surface area contributed by atoms with Gasteiger partial charge in [-0.1, -0.05) is 12.1 Å². The monoisotopic (exact) mass is 391 g/mol. The summed E-state index contributed by atoms with van der Waals surface area (Å²) in [5, 5.41) is 10.7. The van der Waals surface area contributed by atoms with Crippen LogP contribution in [-0.2, 0) is 11.2 Å². The Morgan fingerprint density at radius 1 is 1.24 bits per heavy atom. The molecule has 4 rings (SSSR count). The molecular weight excluding hydrogens is 366 g/mol. The summed E-state index contributed by atoms with van der Waals surface area (Å²) in [6, 6.07) is 13.8. The first-order chi connectivity index (χ1) is 14.2. The van der Waals surface area contributed by atoms with Crippen LogP contribution in [0.1, 0.15) is 18.4 Å². The van der Waals surface area contributed by atoms with Gasteiger partial charge in [0.1, 0.15) is 5.75 Å². The lowest BCUT2D eigenvalue weighted by molar-refractivity contribution is -0.121. The molecule has 2 aromatic heterocycles. The molecule has 1 fully saturated rings. The number of aromatic nitrogens is 3. The minimum atomic E-state index is 0.0512. The van der Waals surface area contributed by atoms with Crippen molar-refractivity contribution in [3.8, 4) is 17.0 Å². The summed E-state index contributed by atoms with van der Waals surface area (Å²) in [7, 11) is 1.63. The van der Waals surface area contributed by atoms with Gasteiger partial charge in [0.15, 0.2) is 5.82 Å². The van der Waals surface area contributed by atoms with Gasteiger partial charge in [-0.15, -0.1) is 0 Å². The number of methoxy groups -OCH3 is 1. The number of carbonyl (C=O) groups is 1. The second-order valence-electron chi connectivity index (χ2n) is 7.24. The van der Waals surface area contributed by atoms with E-state index in [-0.39, 0.29) is 11.9 Å². The highest BCUT2D eigenvalue weighted by molar-refractivity contribution is 5.79. The zero-order valence-electron chi connectivity index (χ0n) is 16.5. The van der Waals surface area contributed by atoms with Crippen LogP contribution in [0.25, 0.3) is 11.3 Å². The Labute approximate surface area is 170 Å². The second kappa shape index (κ2) is 8.77. The summed E-state index contributed by atoms with van der Waals surface area (Å²) in [6.07, 6.45) is 5.75. The lowest BCUT2D eigenvalue weighted by Crippen LogP contribution is -2.45. The zero-order chi connectivity index (χ0) is 20.1. The number of hydrogen-bond donors (Lipinski definition) is 2. The molecule has 0 spiro atoms. The van der Waals surface area contributed by atoms with Gasteiger partial charge in [-0.3, -0.25) is 14.9 Å². The maximum Gasteiger partial charge on any atom is 0.224 e. The molecular formula is C22H25N5O2. The van der Waals surface area contributed by atoms with Crippen molar-refractivity contribution in [1.29, 1.82) is 0 Å². The fraction of sp³-hybridized carbons (Fsp3) is 0.318. The number of aromatic amines is 1. The number of nitrogens with one attached hydrogen (secondary N) is 2. The predicted octanol–water partition coefficient (Wildman–Crippen LogP) is 2.81. The van der Waals surface area contributed by atoms with E-state index in [4.69, 9.17) is 4.74 Å². The largest absolute Gasteiger partial charge is 0.497 e. The summed E-state index contributed by atoms with van der Waals surface area (Å²) in [5.41, 5.74) is 2.94. The number of rotatable bonds is 6. The number of carbonyl (C=O) groups excluding carboxylic acids is 1. The maximum absolute atomic E-state index is 12.4. The van der Waals surface area contributed by atoms with Crippen molar-refractivity contribution in [3.05, 3.63) is 60.4 Å². The molecule has 0 saturated carbocycles. The Kier molecular flexibility index (Phi) is 5.74. The van der Waals surface area contributed by atoms with Crippen molar-refractivity contribution in [3.63, 3.8) is 0 Å². The van der Waals surface area contributed by atoms with E-state index in [2.05, 4.69) is 31.5 Å².